The number of hydrogen-bond acceptors (Lipinski definition) is 6. The van der Waals surface area contributed by atoms with Gasteiger partial charge in [0, 0.05) is 37.2 Å². The number of anilines is 2. The van der Waals surface area contributed by atoms with Crippen molar-refractivity contribution in [1.82, 2.24) is 14.8 Å². The molecule has 4 amide bonds. The zero-order valence-corrected chi connectivity index (χ0v) is 17.4. The van der Waals surface area contributed by atoms with Crippen LogP contribution >= 0.6 is 11.3 Å². The van der Waals surface area contributed by atoms with Crippen LogP contribution in [0, 0.1) is 0 Å². The molecule has 1 saturated heterocycles. The van der Waals surface area contributed by atoms with Gasteiger partial charge in [-0.15, -0.1) is 11.3 Å². The van der Waals surface area contributed by atoms with E-state index in [0.29, 0.717) is 48.5 Å². The summed E-state index contributed by atoms with van der Waals surface area (Å²) in [6, 6.07) is 12.0. The van der Waals surface area contributed by atoms with Gasteiger partial charge in [0.2, 0.25) is 5.91 Å². The number of benzene rings is 1. The molecule has 1 aliphatic heterocycles. The molecule has 10 heteroatoms. The van der Waals surface area contributed by atoms with Crippen molar-refractivity contribution < 1.29 is 18.8 Å². The molecule has 1 aliphatic rings. The van der Waals surface area contributed by atoms with Gasteiger partial charge in [-0.25, -0.2) is 9.78 Å². The second-order valence-corrected chi connectivity index (χ2v) is 7.77. The molecule has 0 saturated carbocycles. The van der Waals surface area contributed by atoms with Crippen LogP contribution < -0.4 is 10.6 Å². The predicted molar refractivity (Wildman–Crippen MR) is 116 cm³/mol. The highest BCUT2D eigenvalue weighted by Gasteiger charge is 2.26. The van der Waals surface area contributed by atoms with Crippen molar-refractivity contribution in [3.05, 3.63) is 65.6 Å². The lowest BCUT2D eigenvalue weighted by atomic mass is 10.2. The first-order valence-corrected chi connectivity index (χ1v) is 10.6. The molecule has 2 N–H and O–H groups in total. The Balaban J connectivity index is 1.24. The molecule has 0 radical (unpaired) electrons. The van der Waals surface area contributed by atoms with Crippen molar-refractivity contribution in [2.75, 3.05) is 36.8 Å². The molecule has 2 aromatic heterocycles. The van der Waals surface area contributed by atoms with Gasteiger partial charge in [-0.05, 0) is 24.3 Å². The van der Waals surface area contributed by atoms with E-state index >= 15 is 0 Å². The van der Waals surface area contributed by atoms with Crippen molar-refractivity contribution in [2.24, 2.45) is 0 Å². The fourth-order valence-corrected chi connectivity index (χ4v) is 3.91. The largest absolute Gasteiger partial charge is 0.459 e. The smallest absolute Gasteiger partial charge is 0.325 e. The summed E-state index contributed by atoms with van der Waals surface area (Å²) in [5.74, 6) is 0.0790. The van der Waals surface area contributed by atoms with Crippen LogP contribution in [0.2, 0.25) is 0 Å². The van der Waals surface area contributed by atoms with Crippen molar-refractivity contribution >= 4 is 40.0 Å². The Labute approximate surface area is 182 Å². The molecule has 1 fully saturated rings. The summed E-state index contributed by atoms with van der Waals surface area (Å²) < 4.78 is 5.15. The number of piperazine rings is 1. The third-order valence-corrected chi connectivity index (χ3v) is 5.59. The van der Waals surface area contributed by atoms with Crippen LogP contribution in [0.4, 0.5) is 15.6 Å². The summed E-state index contributed by atoms with van der Waals surface area (Å²) in [7, 11) is 0. The number of rotatable bonds is 5. The first kappa shape index (κ1) is 20.6. The molecule has 0 atom stereocenters. The number of carbonyl (C=O) groups is 3. The Kier molecular flexibility index (Phi) is 6.27. The molecule has 31 heavy (non-hydrogen) atoms. The van der Waals surface area contributed by atoms with Crippen LogP contribution in [0.25, 0.3) is 0 Å². The topological polar surface area (TPSA) is 108 Å². The summed E-state index contributed by atoms with van der Waals surface area (Å²) in [6.45, 7) is 1.82. The number of carbonyl (C=O) groups excluding carboxylic acids is 3. The van der Waals surface area contributed by atoms with Gasteiger partial charge in [-0.1, -0.05) is 18.2 Å². The molecular formula is C21H21N5O4S. The van der Waals surface area contributed by atoms with Gasteiger partial charge in [0.15, 0.2) is 10.9 Å². The SMILES string of the molecule is O=C(Nc1ccccc1)Nc1nc(CC(=O)N2CCN(C(=O)c3ccco3)CC2)cs1. The van der Waals surface area contributed by atoms with E-state index in [2.05, 4.69) is 15.6 Å². The van der Waals surface area contributed by atoms with Crippen LogP contribution in [0.1, 0.15) is 16.2 Å². The predicted octanol–water partition coefficient (Wildman–Crippen LogP) is 2.91. The zero-order valence-electron chi connectivity index (χ0n) is 16.6. The summed E-state index contributed by atoms with van der Waals surface area (Å²) in [5, 5.41) is 7.57. The summed E-state index contributed by atoms with van der Waals surface area (Å²) >= 11 is 1.26. The number of para-hydroxylation sites is 1. The average molecular weight is 439 g/mol. The quantitative estimate of drug-likeness (QED) is 0.636. The van der Waals surface area contributed by atoms with E-state index in [-0.39, 0.29) is 18.2 Å². The van der Waals surface area contributed by atoms with E-state index in [1.54, 1.807) is 39.4 Å². The van der Waals surface area contributed by atoms with E-state index in [0.717, 1.165) is 0 Å². The third-order valence-electron chi connectivity index (χ3n) is 4.79. The van der Waals surface area contributed by atoms with Crippen LogP contribution in [0.5, 0.6) is 0 Å². The Morgan fingerprint density at radius 2 is 1.71 bits per heavy atom. The lowest BCUT2D eigenvalue weighted by Gasteiger charge is -2.34. The van der Waals surface area contributed by atoms with E-state index in [9.17, 15) is 14.4 Å². The first-order valence-electron chi connectivity index (χ1n) is 9.76. The van der Waals surface area contributed by atoms with Gasteiger partial charge in [0.05, 0.1) is 18.4 Å². The number of urea groups is 1. The monoisotopic (exact) mass is 439 g/mol. The Morgan fingerprint density at radius 1 is 0.968 bits per heavy atom. The average Bonchev–Trinajstić information content (AvgIpc) is 3.46. The number of furan rings is 1. The van der Waals surface area contributed by atoms with Gasteiger partial charge < -0.3 is 19.5 Å². The Bertz CT molecular complexity index is 1040. The number of thiazole rings is 1. The fourth-order valence-electron chi connectivity index (χ4n) is 3.21. The van der Waals surface area contributed by atoms with Crippen LogP contribution in [-0.4, -0.2) is 58.8 Å². The molecule has 9 nitrogen and oxygen atoms in total. The van der Waals surface area contributed by atoms with E-state index in [1.807, 2.05) is 18.2 Å². The maximum absolute atomic E-state index is 12.6. The Hall–Kier alpha value is -3.66. The van der Waals surface area contributed by atoms with Crippen LogP contribution in [0.3, 0.4) is 0 Å². The highest BCUT2D eigenvalue weighted by atomic mass is 32.1. The maximum Gasteiger partial charge on any atom is 0.325 e. The second-order valence-electron chi connectivity index (χ2n) is 6.92. The van der Waals surface area contributed by atoms with Crippen LogP contribution in [-0.2, 0) is 11.2 Å². The minimum Gasteiger partial charge on any atom is -0.459 e. The highest BCUT2D eigenvalue weighted by molar-refractivity contribution is 7.14. The van der Waals surface area contributed by atoms with Gasteiger partial charge in [0.25, 0.3) is 5.91 Å². The van der Waals surface area contributed by atoms with Gasteiger partial charge in [0.1, 0.15) is 0 Å². The highest BCUT2D eigenvalue weighted by Crippen LogP contribution is 2.18. The molecule has 0 spiro atoms. The number of nitrogens with zero attached hydrogens (tertiary/aromatic N) is 3. The molecular weight excluding hydrogens is 418 g/mol. The number of hydrogen-bond donors (Lipinski definition) is 2. The van der Waals surface area contributed by atoms with Gasteiger partial charge in [-0.2, -0.15) is 0 Å². The lowest BCUT2D eigenvalue weighted by Crippen LogP contribution is -2.50. The van der Waals surface area contributed by atoms with E-state index < -0.39 is 6.03 Å². The minimum absolute atomic E-state index is 0.0596. The molecule has 0 aliphatic carbocycles. The van der Waals surface area contributed by atoms with Gasteiger partial charge in [-0.3, -0.25) is 14.9 Å². The number of aromatic nitrogens is 1. The Morgan fingerprint density at radius 3 is 2.42 bits per heavy atom. The third kappa shape index (κ3) is 5.28. The molecule has 3 heterocycles. The summed E-state index contributed by atoms with van der Waals surface area (Å²) in [4.78, 5) is 44.7. The van der Waals surface area contributed by atoms with Crippen molar-refractivity contribution in [3.63, 3.8) is 0 Å². The van der Waals surface area contributed by atoms with Gasteiger partial charge >= 0.3 is 6.03 Å². The lowest BCUT2D eigenvalue weighted by molar-refractivity contribution is -0.132. The van der Waals surface area contributed by atoms with E-state index in [4.69, 9.17) is 4.42 Å². The number of nitrogens with one attached hydrogen (secondary N) is 2. The van der Waals surface area contributed by atoms with E-state index in [1.165, 1.54) is 17.6 Å². The molecule has 0 unspecified atom stereocenters. The zero-order chi connectivity index (χ0) is 21.6. The van der Waals surface area contributed by atoms with Crippen molar-refractivity contribution in [2.45, 2.75) is 6.42 Å². The fraction of sp³-hybridized carbons (Fsp3) is 0.238. The molecule has 0 bridgehead atoms. The maximum atomic E-state index is 12.6. The van der Waals surface area contributed by atoms with Crippen molar-refractivity contribution in [1.29, 1.82) is 0 Å². The minimum atomic E-state index is -0.393. The molecule has 3 aromatic rings. The summed E-state index contributed by atoms with van der Waals surface area (Å²) in [5.41, 5.74) is 1.27. The van der Waals surface area contributed by atoms with Crippen molar-refractivity contribution in [3.8, 4) is 0 Å². The molecule has 4 rings (SSSR count). The second kappa shape index (κ2) is 9.43. The first-order chi connectivity index (χ1) is 15.1. The standard InChI is InChI=1S/C21H21N5O4S/c27-18(25-8-10-26(11-9-25)19(28)17-7-4-12-30-17)13-16-14-31-21(23-16)24-20(29)22-15-5-2-1-3-6-15/h1-7,12,14H,8-11,13H2,(H2,22,23,24,29). The normalized spacial score (nSPS) is 13.7. The number of amides is 4. The summed E-state index contributed by atoms with van der Waals surface area (Å²) in [6.07, 6.45) is 1.61. The molecule has 1 aromatic carbocycles. The molecule has 160 valence electrons. The van der Waals surface area contributed by atoms with Crippen LogP contribution in [0.15, 0.2) is 58.5 Å².